The van der Waals surface area contributed by atoms with E-state index in [9.17, 15) is 42.3 Å². The monoisotopic (exact) mass is 842 g/mol. The number of carbonyl (C=O) groups is 7. The smallest absolute Gasteiger partial charge is 0.329 e. The molecule has 4 aliphatic rings. The molecule has 0 radical (unpaired) electrons. The zero-order chi connectivity index (χ0) is 44.5. The van der Waals surface area contributed by atoms with Gasteiger partial charge in [-0.1, -0.05) is 0 Å². The number of piperidine rings is 1. The molecule has 330 valence electrons. The number of benzene rings is 2. The molecule has 2 aromatic rings. The average molecular weight is 843 g/mol. The molecular formula is C42H60F2N8O8. The zero-order valence-electron chi connectivity index (χ0n) is 35.4. The van der Waals surface area contributed by atoms with Crippen LogP contribution < -0.4 is 26.6 Å². The van der Waals surface area contributed by atoms with Crippen LogP contribution in [0.4, 0.5) is 20.2 Å². The van der Waals surface area contributed by atoms with Crippen molar-refractivity contribution in [1.29, 1.82) is 0 Å². The van der Waals surface area contributed by atoms with Gasteiger partial charge in [0, 0.05) is 51.2 Å². The minimum absolute atomic E-state index is 0.0174. The molecule has 6 rings (SSSR count). The summed E-state index contributed by atoms with van der Waals surface area (Å²) in [5.41, 5.74) is 7.24. The van der Waals surface area contributed by atoms with Crippen molar-refractivity contribution in [3.05, 3.63) is 59.7 Å². The molecule has 6 amide bonds. The molecule has 5 atom stereocenters. The lowest BCUT2D eigenvalue weighted by Gasteiger charge is -2.38. The van der Waals surface area contributed by atoms with Crippen molar-refractivity contribution >= 4 is 53.3 Å². The van der Waals surface area contributed by atoms with Crippen LogP contribution in [0.3, 0.4) is 0 Å². The van der Waals surface area contributed by atoms with E-state index >= 15 is 0 Å². The Kier molecular flexibility index (Phi) is 19.3. The van der Waals surface area contributed by atoms with Crippen LogP contribution in [0.1, 0.15) is 70.8 Å². The molecule has 18 heteroatoms. The number of hydrogen-bond acceptors (Lipinski definition) is 10. The summed E-state index contributed by atoms with van der Waals surface area (Å²) in [5, 5.41) is 7.95. The summed E-state index contributed by atoms with van der Waals surface area (Å²) in [4.78, 5) is 92.0. The van der Waals surface area contributed by atoms with Gasteiger partial charge in [0.15, 0.2) is 0 Å². The van der Waals surface area contributed by atoms with Crippen molar-refractivity contribution in [2.75, 3.05) is 57.5 Å². The second-order valence-corrected chi connectivity index (χ2v) is 15.3. The minimum Gasteiger partial charge on any atom is -0.461 e. The van der Waals surface area contributed by atoms with Crippen LogP contribution in [-0.4, -0.2) is 134 Å². The number of rotatable bonds is 5. The van der Waals surface area contributed by atoms with E-state index in [1.165, 1.54) is 17.0 Å². The Hall–Kier alpha value is -5.65. The van der Waals surface area contributed by atoms with E-state index in [2.05, 4.69) is 16.0 Å². The predicted octanol–water partition coefficient (Wildman–Crippen LogP) is 2.47. The maximum atomic E-state index is 13.5. The summed E-state index contributed by atoms with van der Waals surface area (Å²) in [6, 6.07) is 8.25. The largest absolute Gasteiger partial charge is 0.461 e. The van der Waals surface area contributed by atoms with Gasteiger partial charge < -0.3 is 46.0 Å². The van der Waals surface area contributed by atoms with E-state index < -0.39 is 47.9 Å². The third-order valence-corrected chi connectivity index (χ3v) is 10.2. The highest BCUT2D eigenvalue weighted by Gasteiger charge is 2.43. The number of likely N-dealkylation sites (N-methyl/N-ethyl adjacent to an activating group) is 1. The number of aryl methyl sites for hydroxylation is 1. The maximum Gasteiger partial charge on any atom is 0.329 e. The molecule has 0 aliphatic carbocycles. The SMILES string of the molecule is CC1CC(=O)N2CCCC2C(=O)N2CCCCC2C(=O)NC(C)C(=O)N2CCCC2C(=O)O1.CN(C)c1ccc(NC=O)cc1.CNCC(N)=O.Cc1cc(F)cc(F)c1. The Morgan fingerprint density at radius 2 is 1.42 bits per heavy atom. The standard InChI is InChI=1S/C23H34N4O6.C9H12N2O.C7H6F2.C3H8N2O/c1-14-13-19(28)25-11-5-8-17(25)22(31)26-10-4-3-7-16(26)20(29)24-15(2)21(30)27-12-6-9-18(27)23(32)33-14;1-11(2)9-5-3-8(4-6-9)10-7-12;1-5-2-6(8)4-7(9)3-5;1-5-2-3(4)6/h14-18H,3-13H2,1-2H3,(H,24,29);3-7H,1-2H3,(H,10,12);2-4H,1H3;5H,2H2,1H3,(H2,4,6). The molecule has 4 saturated heterocycles. The minimum atomic E-state index is -0.820. The fourth-order valence-electron chi connectivity index (χ4n) is 7.35. The number of halogens is 2. The highest BCUT2D eigenvalue weighted by molar-refractivity contribution is 5.95. The number of nitrogens with zero attached hydrogens (tertiary/aromatic N) is 4. The molecule has 0 saturated carbocycles. The van der Waals surface area contributed by atoms with Crippen molar-refractivity contribution in [2.24, 2.45) is 5.73 Å². The molecular weight excluding hydrogens is 783 g/mol. The first kappa shape index (κ1) is 48.7. The van der Waals surface area contributed by atoms with Gasteiger partial charge in [-0.15, -0.1) is 0 Å². The number of ether oxygens (including phenoxy) is 1. The average Bonchev–Trinajstić information content (AvgIpc) is 3.89. The van der Waals surface area contributed by atoms with Gasteiger partial charge >= 0.3 is 5.97 Å². The van der Waals surface area contributed by atoms with E-state index in [4.69, 9.17) is 10.5 Å². The summed E-state index contributed by atoms with van der Waals surface area (Å²) in [6.45, 7) is 6.53. The Morgan fingerprint density at radius 1 is 0.850 bits per heavy atom. The van der Waals surface area contributed by atoms with E-state index in [0.29, 0.717) is 63.7 Å². The molecule has 0 aromatic heterocycles. The van der Waals surface area contributed by atoms with Gasteiger partial charge in [-0.3, -0.25) is 28.8 Å². The van der Waals surface area contributed by atoms with Crippen LogP contribution in [0.5, 0.6) is 0 Å². The molecule has 0 spiro atoms. The Bertz CT molecular complexity index is 1750. The molecule has 4 aliphatic heterocycles. The number of esters is 1. The molecule has 5 unspecified atom stereocenters. The fraction of sp³-hybridized carbons (Fsp3) is 0.548. The third-order valence-electron chi connectivity index (χ3n) is 10.2. The Balaban J connectivity index is 0.000000287. The normalized spacial score (nSPS) is 23.1. The second kappa shape index (κ2) is 23.8. The fourth-order valence-corrected chi connectivity index (χ4v) is 7.35. The lowest BCUT2D eigenvalue weighted by atomic mass is 9.99. The third kappa shape index (κ3) is 14.6. The van der Waals surface area contributed by atoms with Crippen LogP contribution in [0.25, 0.3) is 0 Å². The summed E-state index contributed by atoms with van der Waals surface area (Å²) in [5.74, 6) is -3.04. The van der Waals surface area contributed by atoms with Gasteiger partial charge in [0.25, 0.3) is 0 Å². The first-order valence-electron chi connectivity index (χ1n) is 20.2. The van der Waals surface area contributed by atoms with Crippen LogP contribution in [0, 0.1) is 18.6 Å². The lowest BCUT2D eigenvalue weighted by molar-refractivity contribution is -0.160. The second-order valence-electron chi connectivity index (χ2n) is 15.3. The van der Waals surface area contributed by atoms with Crippen LogP contribution >= 0.6 is 0 Å². The number of amides is 6. The number of carbonyl (C=O) groups excluding carboxylic acids is 7. The summed E-state index contributed by atoms with van der Waals surface area (Å²) in [6.07, 6.45) is 4.55. The van der Waals surface area contributed by atoms with Crippen molar-refractivity contribution in [1.82, 2.24) is 25.3 Å². The molecule has 2 aromatic carbocycles. The first-order chi connectivity index (χ1) is 28.5. The van der Waals surface area contributed by atoms with Crippen molar-refractivity contribution < 1.29 is 47.1 Å². The highest BCUT2D eigenvalue weighted by Crippen LogP contribution is 2.27. The lowest BCUT2D eigenvalue weighted by Crippen LogP contribution is -2.59. The quantitative estimate of drug-likeness (QED) is 0.256. The van der Waals surface area contributed by atoms with Gasteiger partial charge in [-0.2, -0.15) is 0 Å². The summed E-state index contributed by atoms with van der Waals surface area (Å²) >= 11 is 0. The number of anilines is 2. The molecule has 4 fully saturated rings. The number of primary amides is 1. The maximum absolute atomic E-state index is 13.5. The first-order valence-corrected chi connectivity index (χ1v) is 20.2. The van der Waals surface area contributed by atoms with E-state index in [1.54, 1.807) is 37.6 Å². The number of nitrogens with one attached hydrogen (secondary N) is 3. The van der Waals surface area contributed by atoms with E-state index in [-0.39, 0.29) is 42.5 Å². The summed E-state index contributed by atoms with van der Waals surface area (Å²) in [7, 11) is 5.62. The van der Waals surface area contributed by atoms with Crippen LogP contribution in [0.15, 0.2) is 42.5 Å². The molecule has 0 bridgehead atoms. The zero-order valence-corrected chi connectivity index (χ0v) is 35.4. The number of nitrogens with two attached hydrogens (primary N) is 1. The predicted molar refractivity (Wildman–Crippen MR) is 221 cm³/mol. The topological polar surface area (TPSA) is 204 Å². The van der Waals surface area contributed by atoms with Gasteiger partial charge in [0.1, 0.15) is 41.9 Å². The number of hydrogen-bond donors (Lipinski definition) is 4. The van der Waals surface area contributed by atoms with Gasteiger partial charge in [0.2, 0.25) is 35.9 Å². The van der Waals surface area contributed by atoms with Gasteiger partial charge in [0.05, 0.1) is 13.0 Å². The van der Waals surface area contributed by atoms with Crippen LogP contribution in [-0.2, 0) is 38.3 Å². The number of fused-ring (bicyclic) bond motifs is 3. The van der Waals surface area contributed by atoms with Crippen molar-refractivity contribution in [2.45, 2.75) is 102 Å². The Morgan fingerprint density at radius 3 is 1.97 bits per heavy atom. The molecule has 60 heavy (non-hydrogen) atoms. The summed E-state index contributed by atoms with van der Waals surface area (Å²) < 4.78 is 29.9. The molecule has 16 nitrogen and oxygen atoms in total. The van der Waals surface area contributed by atoms with Crippen molar-refractivity contribution in [3.8, 4) is 0 Å². The van der Waals surface area contributed by atoms with E-state index in [0.717, 1.165) is 30.3 Å². The van der Waals surface area contributed by atoms with Crippen molar-refractivity contribution in [3.63, 3.8) is 0 Å². The van der Waals surface area contributed by atoms with E-state index in [1.807, 2.05) is 43.3 Å². The van der Waals surface area contributed by atoms with Crippen LogP contribution in [0.2, 0.25) is 0 Å². The molecule has 5 N–H and O–H groups in total. The Labute approximate surface area is 350 Å². The molecule has 4 heterocycles. The van der Waals surface area contributed by atoms with Gasteiger partial charge in [-0.05, 0) is 115 Å². The highest BCUT2D eigenvalue weighted by atomic mass is 19.1. The van der Waals surface area contributed by atoms with Gasteiger partial charge in [-0.25, -0.2) is 13.6 Å². The number of cyclic esters (lactones) is 1.